The third kappa shape index (κ3) is 5.79. The number of nitrogens with zero attached hydrogens (tertiary/aromatic N) is 3. The van der Waals surface area contributed by atoms with Crippen molar-refractivity contribution < 1.29 is 14.4 Å². The summed E-state index contributed by atoms with van der Waals surface area (Å²) in [5.74, 6) is 0.396. The number of amides is 2. The van der Waals surface area contributed by atoms with Gasteiger partial charge in [-0.15, -0.1) is 10.2 Å². The molecule has 0 atom stereocenters. The van der Waals surface area contributed by atoms with Crippen molar-refractivity contribution in [3.63, 3.8) is 0 Å². The fourth-order valence-electron chi connectivity index (χ4n) is 2.98. The van der Waals surface area contributed by atoms with Gasteiger partial charge in [-0.05, 0) is 38.1 Å². The summed E-state index contributed by atoms with van der Waals surface area (Å²) in [7, 11) is 0. The maximum absolute atomic E-state index is 12.4. The van der Waals surface area contributed by atoms with E-state index in [2.05, 4.69) is 20.8 Å². The van der Waals surface area contributed by atoms with Crippen molar-refractivity contribution in [3.8, 4) is 11.4 Å². The lowest BCUT2D eigenvalue weighted by atomic mass is 10.1. The third-order valence-electron chi connectivity index (χ3n) is 4.36. The lowest BCUT2D eigenvalue weighted by molar-refractivity contribution is -0.114. The predicted octanol–water partition coefficient (Wildman–Crippen LogP) is 3.86. The van der Waals surface area contributed by atoms with Crippen molar-refractivity contribution in [2.45, 2.75) is 32.5 Å². The topological polar surface area (TPSA) is 106 Å². The first-order chi connectivity index (χ1) is 14.9. The van der Waals surface area contributed by atoms with Gasteiger partial charge in [0.05, 0.1) is 5.75 Å². The number of carbonyl (C=O) groups excluding carboxylic acids is 3. The molecule has 0 aliphatic heterocycles. The van der Waals surface area contributed by atoms with Crippen molar-refractivity contribution in [3.05, 3.63) is 54.1 Å². The number of aromatic nitrogens is 3. The Morgan fingerprint density at radius 2 is 1.68 bits per heavy atom. The van der Waals surface area contributed by atoms with Gasteiger partial charge in [-0.2, -0.15) is 0 Å². The Kier molecular flexibility index (Phi) is 7.19. The Labute approximate surface area is 184 Å². The first-order valence-electron chi connectivity index (χ1n) is 9.72. The van der Waals surface area contributed by atoms with E-state index in [0.29, 0.717) is 34.5 Å². The molecule has 9 heteroatoms. The van der Waals surface area contributed by atoms with Gasteiger partial charge in [-0.1, -0.05) is 36.0 Å². The molecule has 8 nitrogen and oxygen atoms in total. The molecular weight excluding hydrogens is 414 g/mol. The molecule has 0 saturated carbocycles. The second-order valence-corrected chi connectivity index (χ2v) is 7.73. The van der Waals surface area contributed by atoms with Crippen molar-refractivity contribution in [1.82, 2.24) is 14.8 Å². The van der Waals surface area contributed by atoms with Gasteiger partial charge in [-0.3, -0.25) is 14.4 Å². The third-order valence-corrected chi connectivity index (χ3v) is 5.33. The van der Waals surface area contributed by atoms with Crippen LogP contribution in [0.4, 0.5) is 11.4 Å². The van der Waals surface area contributed by atoms with E-state index >= 15 is 0 Å². The lowest BCUT2D eigenvalue weighted by Gasteiger charge is -2.09. The van der Waals surface area contributed by atoms with Crippen LogP contribution in [-0.4, -0.2) is 38.1 Å². The van der Waals surface area contributed by atoms with Gasteiger partial charge in [0.25, 0.3) is 0 Å². The van der Waals surface area contributed by atoms with E-state index in [9.17, 15) is 14.4 Å². The van der Waals surface area contributed by atoms with Crippen LogP contribution in [0.5, 0.6) is 0 Å². The largest absolute Gasteiger partial charge is 0.326 e. The van der Waals surface area contributed by atoms with E-state index in [-0.39, 0.29) is 23.4 Å². The molecule has 0 radical (unpaired) electrons. The summed E-state index contributed by atoms with van der Waals surface area (Å²) >= 11 is 1.28. The maximum atomic E-state index is 12.4. The van der Waals surface area contributed by atoms with Crippen molar-refractivity contribution in [2.24, 2.45) is 0 Å². The Morgan fingerprint density at radius 1 is 0.968 bits per heavy atom. The number of Topliss-reactive ketones (excluding diaryl/α,β-unsaturated/α-hetero) is 1. The fourth-order valence-corrected chi connectivity index (χ4v) is 3.78. The Hall–Kier alpha value is -3.46. The van der Waals surface area contributed by atoms with Gasteiger partial charge in [0.1, 0.15) is 0 Å². The summed E-state index contributed by atoms with van der Waals surface area (Å²) in [6, 6.07) is 14.2. The van der Waals surface area contributed by atoms with E-state index in [4.69, 9.17) is 0 Å². The molecule has 0 aliphatic rings. The zero-order valence-corrected chi connectivity index (χ0v) is 18.3. The number of rotatable bonds is 8. The van der Waals surface area contributed by atoms with Gasteiger partial charge in [0.15, 0.2) is 16.8 Å². The zero-order valence-electron chi connectivity index (χ0n) is 17.5. The number of carbonyl (C=O) groups is 3. The molecule has 0 spiro atoms. The molecule has 0 saturated heterocycles. The van der Waals surface area contributed by atoms with Crippen molar-refractivity contribution >= 4 is 40.7 Å². The summed E-state index contributed by atoms with van der Waals surface area (Å²) in [6.07, 6.45) is 0. The monoisotopic (exact) mass is 437 g/mol. The second kappa shape index (κ2) is 10.0. The van der Waals surface area contributed by atoms with E-state index in [1.807, 2.05) is 29.7 Å². The normalized spacial score (nSPS) is 10.5. The van der Waals surface area contributed by atoms with Crippen LogP contribution in [0.25, 0.3) is 11.4 Å². The average molecular weight is 438 g/mol. The SMILES string of the molecule is CCn1c(SCC(=O)Nc2cccc(C(C)=O)c2)nnc1-c1cccc(NC(C)=O)c1. The molecule has 2 amide bonds. The molecule has 3 aromatic rings. The first-order valence-corrected chi connectivity index (χ1v) is 10.7. The number of thioether (sulfide) groups is 1. The van der Waals surface area contributed by atoms with Gasteiger partial charge < -0.3 is 15.2 Å². The van der Waals surface area contributed by atoms with Crippen LogP contribution in [0.3, 0.4) is 0 Å². The van der Waals surface area contributed by atoms with Crippen LogP contribution in [0.15, 0.2) is 53.7 Å². The maximum Gasteiger partial charge on any atom is 0.234 e. The quantitative estimate of drug-likeness (QED) is 0.409. The summed E-state index contributed by atoms with van der Waals surface area (Å²) in [5.41, 5.74) is 2.61. The van der Waals surface area contributed by atoms with Gasteiger partial charge in [0, 0.05) is 36.0 Å². The minimum absolute atomic E-state index is 0.0587. The predicted molar refractivity (Wildman–Crippen MR) is 121 cm³/mol. The zero-order chi connectivity index (χ0) is 22.4. The van der Waals surface area contributed by atoms with E-state index in [1.54, 1.807) is 30.3 Å². The Balaban J connectivity index is 1.70. The first kappa shape index (κ1) is 22.2. The lowest BCUT2D eigenvalue weighted by Crippen LogP contribution is -2.15. The molecule has 0 aliphatic carbocycles. The molecule has 1 aromatic heterocycles. The molecule has 0 fully saturated rings. The molecule has 0 unspecified atom stereocenters. The van der Waals surface area contributed by atoms with Crippen LogP contribution in [-0.2, 0) is 16.1 Å². The summed E-state index contributed by atoms with van der Waals surface area (Å²) in [6.45, 7) is 5.54. The summed E-state index contributed by atoms with van der Waals surface area (Å²) < 4.78 is 1.92. The molecule has 2 aromatic carbocycles. The molecule has 160 valence electrons. The molecule has 1 heterocycles. The molecule has 0 bridgehead atoms. The van der Waals surface area contributed by atoms with Crippen LogP contribution in [0.1, 0.15) is 31.1 Å². The highest BCUT2D eigenvalue weighted by Gasteiger charge is 2.15. The highest BCUT2D eigenvalue weighted by atomic mass is 32.2. The summed E-state index contributed by atoms with van der Waals surface area (Å²) in [5, 5.41) is 14.7. The van der Waals surface area contributed by atoms with Gasteiger partial charge in [-0.25, -0.2) is 0 Å². The highest BCUT2D eigenvalue weighted by Crippen LogP contribution is 2.26. The minimum Gasteiger partial charge on any atom is -0.326 e. The average Bonchev–Trinajstić information content (AvgIpc) is 3.15. The number of ketones is 1. The van der Waals surface area contributed by atoms with Gasteiger partial charge in [0.2, 0.25) is 11.8 Å². The fraction of sp³-hybridized carbons (Fsp3) is 0.227. The van der Waals surface area contributed by atoms with E-state index in [0.717, 1.165) is 5.56 Å². The van der Waals surface area contributed by atoms with Crippen LogP contribution >= 0.6 is 11.8 Å². The highest BCUT2D eigenvalue weighted by molar-refractivity contribution is 7.99. The Morgan fingerprint density at radius 3 is 2.35 bits per heavy atom. The summed E-state index contributed by atoms with van der Waals surface area (Å²) in [4.78, 5) is 35.2. The molecule has 31 heavy (non-hydrogen) atoms. The Bertz CT molecular complexity index is 1130. The van der Waals surface area contributed by atoms with Crippen LogP contribution in [0.2, 0.25) is 0 Å². The number of nitrogens with one attached hydrogen (secondary N) is 2. The molecular formula is C22H23N5O3S. The van der Waals surface area contributed by atoms with E-state index in [1.165, 1.54) is 25.6 Å². The minimum atomic E-state index is -0.203. The van der Waals surface area contributed by atoms with Crippen molar-refractivity contribution in [1.29, 1.82) is 0 Å². The van der Waals surface area contributed by atoms with E-state index < -0.39 is 0 Å². The van der Waals surface area contributed by atoms with Gasteiger partial charge >= 0.3 is 0 Å². The number of benzene rings is 2. The smallest absolute Gasteiger partial charge is 0.234 e. The van der Waals surface area contributed by atoms with Crippen LogP contribution < -0.4 is 10.6 Å². The number of hydrogen-bond donors (Lipinski definition) is 2. The molecule has 3 rings (SSSR count). The number of anilines is 2. The standard InChI is InChI=1S/C22H23N5O3S/c1-4-27-21(17-8-6-9-18(12-17)23-15(3)29)25-26-22(27)31-13-20(30)24-19-10-5-7-16(11-19)14(2)28/h5-12H,4,13H2,1-3H3,(H,23,29)(H,24,30). The van der Waals surface area contributed by atoms with Crippen LogP contribution in [0, 0.1) is 0 Å². The van der Waals surface area contributed by atoms with Crippen molar-refractivity contribution in [2.75, 3.05) is 16.4 Å². The second-order valence-electron chi connectivity index (χ2n) is 6.79. The molecule has 2 N–H and O–H groups in total. The number of hydrogen-bond acceptors (Lipinski definition) is 6.